The predicted octanol–water partition coefficient (Wildman–Crippen LogP) is 0.432. The van der Waals surface area contributed by atoms with Crippen molar-refractivity contribution in [3.05, 3.63) is 33.9 Å². The molecule has 0 saturated heterocycles. The standard InChI is InChI=1S/C11H12N2O6/c1-11(10(16)17,12-6-14)5-7-2-3-9(15)8(4-7)13(18)19/h2-4,6,15H,5H2,1H3,(H,12,14)(H,16,17)/t11-/m0/s1. The number of carboxylic acid groups (broad SMARTS) is 1. The Morgan fingerprint density at radius 1 is 1.58 bits per heavy atom. The van der Waals surface area contributed by atoms with Crippen LogP contribution in [0.3, 0.4) is 0 Å². The van der Waals surface area contributed by atoms with Gasteiger partial charge in [-0.3, -0.25) is 14.9 Å². The minimum absolute atomic E-state index is 0.151. The van der Waals surface area contributed by atoms with E-state index in [9.17, 15) is 24.8 Å². The van der Waals surface area contributed by atoms with Crippen LogP contribution >= 0.6 is 0 Å². The smallest absolute Gasteiger partial charge is 0.329 e. The van der Waals surface area contributed by atoms with Gasteiger partial charge in [0.15, 0.2) is 5.75 Å². The van der Waals surface area contributed by atoms with E-state index in [4.69, 9.17) is 5.11 Å². The lowest BCUT2D eigenvalue weighted by Crippen LogP contribution is -2.50. The molecule has 1 amide bonds. The fourth-order valence-electron chi connectivity index (χ4n) is 1.55. The van der Waals surface area contributed by atoms with Crippen LogP contribution in [0.25, 0.3) is 0 Å². The van der Waals surface area contributed by atoms with Crippen LogP contribution in [0.1, 0.15) is 12.5 Å². The molecule has 0 saturated carbocycles. The van der Waals surface area contributed by atoms with Crippen molar-refractivity contribution in [1.82, 2.24) is 5.32 Å². The molecule has 0 unspecified atom stereocenters. The molecule has 0 spiro atoms. The Kier molecular flexibility index (Phi) is 4.05. The van der Waals surface area contributed by atoms with Crippen LogP contribution in [0, 0.1) is 10.1 Å². The average Bonchev–Trinajstić information content (AvgIpc) is 2.31. The van der Waals surface area contributed by atoms with Crippen molar-refractivity contribution >= 4 is 18.1 Å². The fourth-order valence-corrected chi connectivity index (χ4v) is 1.55. The second-order valence-electron chi connectivity index (χ2n) is 4.16. The summed E-state index contributed by atoms with van der Waals surface area (Å²) in [5, 5.41) is 31.2. The second-order valence-corrected chi connectivity index (χ2v) is 4.16. The summed E-state index contributed by atoms with van der Waals surface area (Å²) in [6.45, 7) is 1.28. The summed E-state index contributed by atoms with van der Waals surface area (Å²) in [6, 6.07) is 3.54. The maximum Gasteiger partial charge on any atom is 0.329 e. The van der Waals surface area contributed by atoms with Crippen molar-refractivity contribution in [1.29, 1.82) is 0 Å². The fraction of sp³-hybridized carbons (Fsp3) is 0.273. The van der Waals surface area contributed by atoms with Gasteiger partial charge in [-0.05, 0) is 18.6 Å². The van der Waals surface area contributed by atoms with E-state index in [1.54, 1.807) is 0 Å². The van der Waals surface area contributed by atoms with E-state index in [1.807, 2.05) is 0 Å². The van der Waals surface area contributed by atoms with E-state index >= 15 is 0 Å². The number of benzene rings is 1. The molecule has 1 atom stereocenters. The molecule has 0 aromatic heterocycles. The molecule has 1 rings (SSSR count). The number of hydrogen-bond donors (Lipinski definition) is 3. The minimum Gasteiger partial charge on any atom is -0.502 e. The van der Waals surface area contributed by atoms with Crippen LogP contribution in [0.4, 0.5) is 5.69 Å². The highest BCUT2D eigenvalue weighted by Crippen LogP contribution is 2.27. The Morgan fingerprint density at radius 2 is 2.21 bits per heavy atom. The number of carboxylic acids is 1. The van der Waals surface area contributed by atoms with E-state index in [0.717, 1.165) is 12.1 Å². The second kappa shape index (κ2) is 5.34. The number of aliphatic carboxylic acids is 1. The predicted molar refractivity (Wildman–Crippen MR) is 63.7 cm³/mol. The van der Waals surface area contributed by atoms with Crippen molar-refractivity contribution in [2.45, 2.75) is 18.9 Å². The van der Waals surface area contributed by atoms with Crippen LogP contribution in [0.15, 0.2) is 18.2 Å². The minimum atomic E-state index is -1.58. The van der Waals surface area contributed by atoms with E-state index in [-0.39, 0.29) is 12.8 Å². The molecule has 0 aliphatic rings. The van der Waals surface area contributed by atoms with Crippen LogP contribution in [0.2, 0.25) is 0 Å². The number of aromatic hydroxyl groups is 1. The third-order valence-electron chi connectivity index (χ3n) is 2.64. The van der Waals surface area contributed by atoms with Crippen LogP contribution in [0.5, 0.6) is 5.75 Å². The number of amides is 1. The van der Waals surface area contributed by atoms with Gasteiger partial charge in [0.2, 0.25) is 6.41 Å². The van der Waals surface area contributed by atoms with Gasteiger partial charge in [-0.2, -0.15) is 0 Å². The maximum atomic E-state index is 11.1. The first kappa shape index (κ1) is 14.4. The molecule has 0 aliphatic carbocycles. The van der Waals surface area contributed by atoms with Gasteiger partial charge in [0.05, 0.1) is 4.92 Å². The first-order valence-corrected chi connectivity index (χ1v) is 5.21. The molecule has 0 fully saturated rings. The van der Waals surface area contributed by atoms with Gasteiger partial charge < -0.3 is 15.5 Å². The van der Waals surface area contributed by atoms with Gasteiger partial charge in [0, 0.05) is 12.5 Å². The molecule has 0 heterocycles. The van der Waals surface area contributed by atoms with Gasteiger partial charge in [0.25, 0.3) is 0 Å². The van der Waals surface area contributed by atoms with Crippen molar-refractivity contribution in [2.75, 3.05) is 0 Å². The molecule has 8 nitrogen and oxygen atoms in total. The van der Waals surface area contributed by atoms with Crippen LogP contribution in [-0.2, 0) is 16.0 Å². The Balaban J connectivity index is 3.11. The Labute approximate surface area is 107 Å². The SMILES string of the molecule is C[C@@](Cc1ccc(O)c([N+](=O)[O-])c1)(NC=O)C(=O)O. The van der Waals surface area contributed by atoms with Crippen LogP contribution in [-0.4, -0.2) is 33.1 Å². The Bertz CT molecular complexity index is 530. The summed E-state index contributed by atoms with van der Waals surface area (Å²) in [7, 11) is 0. The van der Waals surface area contributed by atoms with Gasteiger partial charge >= 0.3 is 11.7 Å². The van der Waals surface area contributed by atoms with E-state index in [1.165, 1.54) is 13.0 Å². The number of carbonyl (C=O) groups is 2. The summed E-state index contributed by atoms with van der Waals surface area (Å²) in [6.07, 6.45) is 0.102. The van der Waals surface area contributed by atoms with Gasteiger partial charge in [-0.1, -0.05) is 6.07 Å². The maximum absolute atomic E-state index is 11.1. The first-order chi connectivity index (χ1) is 8.80. The largest absolute Gasteiger partial charge is 0.502 e. The van der Waals surface area contributed by atoms with Crippen LogP contribution < -0.4 is 5.32 Å². The number of carbonyl (C=O) groups excluding carboxylic acids is 1. The first-order valence-electron chi connectivity index (χ1n) is 5.21. The molecule has 19 heavy (non-hydrogen) atoms. The van der Waals surface area contributed by atoms with Gasteiger partial charge in [0.1, 0.15) is 5.54 Å². The zero-order valence-electron chi connectivity index (χ0n) is 9.99. The summed E-state index contributed by atoms with van der Waals surface area (Å²) in [5.41, 5.74) is -1.79. The number of hydrogen-bond acceptors (Lipinski definition) is 5. The zero-order valence-corrected chi connectivity index (χ0v) is 9.99. The van der Waals surface area contributed by atoms with E-state index in [0.29, 0.717) is 5.56 Å². The summed E-state index contributed by atoms with van der Waals surface area (Å²) < 4.78 is 0. The quantitative estimate of drug-likeness (QED) is 0.389. The number of phenols is 1. The van der Waals surface area contributed by atoms with Crippen molar-refractivity contribution in [2.24, 2.45) is 0 Å². The molecule has 102 valence electrons. The molecule has 0 radical (unpaired) electrons. The Morgan fingerprint density at radius 3 is 2.68 bits per heavy atom. The normalized spacial score (nSPS) is 13.3. The third kappa shape index (κ3) is 3.18. The lowest BCUT2D eigenvalue weighted by molar-refractivity contribution is -0.385. The topological polar surface area (TPSA) is 130 Å². The molecule has 3 N–H and O–H groups in total. The lowest BCUT2D eigenvalue weighted by Gasteiger charge is -2.23. The highest BCUT2D eigenvalue weighted by atomic mass is 16.6. The highest BCUT2D eigenvalue weighted by molar-refractivity contribution is 5.81. The monoisotopic (exact) mass is 268 g/mol. The number of nitro groups is 1. The van der Waals surface area contributed by atoms with Crippen molar-refractivity contribution < 1.29 is 24.7 Å². The molecule has 1 aromatic rings. The van der Waals surface area contributed by atoms with Crippen molar-refractivity contribution in [3.63, 3.8) is 0 Å². The van der Waals surface area contributed by atoms with E-state index < -0.39 is 27.9 Å². The van der Waals surface area contributed by atoms with Gasteiger partial charge in [-0.15, -0.1) is 0 Å². The molecule has 1 aromatic carbocycles. The number of rotatable bonds is 6. The van der Waals surface area contributed by atoms with E-state index in [2.05, 4.69) is 5.32 Å². The number of phenolic OH excluding ortho intramolecular Hbond substituents is 1. The highest BCUT2D eigenvalue weighted by Gasteiger charge is 2.33. The third-order valence-corrected chi connectivity index (χ3v) is 2.64. The summed E-state index contributed by atoms with van der Waals surface area (Å²) in [5.74, 6) is -1.77. The Hall–Kier alpha value is -2.64. The zero-order chi connectivity index (χ0) is 14.6. The van der Waals surface area contributed by atoms with Crippen molar-refractivity contribution in [3.8, 4) is 5.75 Å². The molecule has 8 heteroatoms. The number of nitrogens with zero attached hydrogens (tertiary/aromatic N) is 1. The molecule has 0 bridgehead atoms. The molecular weight excluding hydrogens is 256 g/mol. The average molecular weight is 268 g/mol. The number of nitrogens with one attached hydrogen (secondary N) is 1. The van der Waals surface area contributed by atoms with Gasteiger partial charge in [-0.25, -0.2) is 4.79 Å². The molecular formula is C11H12N2O6. The molecule has 0 aliphatic heterocycles. The number of nitro benzene ring substituents is 1. The summed E-state index contributed by atoms with van der Waals surface area (Å²) >= 11 is 0. The summed E-state index contributed by atoms with van der Waals surface area (Å²) in [4.78, 5) is 31.4. The lowest BCUT2D eigenvalue weighted by atomic mass is 9.93.